The maximum Gasteiger partial charge on any atom is 0.0406 e. The first-order valence-corrected chi connectivity index (χ1v) is 7.90. The highest BCUT2D eigenvalue weighted by Gasteiger charge is 2.16. The van der Waals surface area contributed by atoms with Gasteiger partial charge in [0.05, 0.1) is 0 Å². The van der Waals surface area contributed by atoms with Crippen LogP contribution >= 0.6 is 11.6 Å². The zero-order valence-corrected chi connectivity index (χ0v) is 14.0. The molecule has 0 saturated heterocycles. The van der Waals surface area contributed by atoms with E-state index in [1.54, 1.807) is 0 Å². The minimum absolute atomic E-state index is 0.335. The third kappa shape index (κ3) is 4.09. The number of benzene rings is 2. The Hall–Kier alpha value is -1.31. The van der Waals surface area contributed by atoms with Gasteiger partial charge in [0, 0.05) is 17.6 Å². The molecule has 1 atom stereocenters. The van der Waals surface area contributed by atoms with Crippen LogP contribution in [0.3, 0.4) is 0 Å². The van der Waals surface area contributed by atoms with Crippen LogP contribution in [-0.4, -0.2) is 0 Å². The van der Waals surface area contributed by atoms with E-state index in [-0.39, 0.29) is 0 Å². The summed E-state index contributed by atoms with van der Waals surface area (Å²) >= 11 is 5.99. The first-order valence-electron chi connectivity index (χ1n) is 7.53. The Labute approximate surface area is 133 Å². The Kier molecular flexibility index (Phi) is 5.44. The molecule has 112 valence electrons. The average molecular weight is 302 g/mol. The van der Waals surface area contributed by atoms with Crippen LogP contribution in [0.4, 0.5) is 0 Å². The molecular formula is C19H24ClN. The summed E-state index contributed by atoms with van der Waals surface area (Å²) < 4.78 is 0. The quantitative estimate of drug-likeness (QED) is 0.775. The molecular weight excluding hydrogens is 278 g/mol. The zero-order valence-electron chi connectivity index (χ0n) is 13.3. The van der Waals surface area contributed by atoms with Gasteiger partial charge < -0.3 is 5.32 Å². The van der Waals surface area contributed by atoms with Gasteiger partial charge in [0.25, 0.3) is 0 Å². The maximum absolute atomic E-state index is 5.99. The Bertz CT molecular complexity index is 567. The van der Waals surface area contributed by atoms with Crippen molar-refractivity contribution in [3.8, 4) is 0 Å². The number of aryl methyl sites for hydroxylation is 2. The summed E-state index contributed by atoms with van der Waals surface area (Å²) in [4.78, 5) is 0. The summed E-state index contributed by atoms with van der Waals surface area (Å²) in [5.41, 5.74) is 5.39. The third-order valence-electron chi connectivity index (χ3n) is 4.04. The van der Waals surface area contributed by atoms with E-state index in [9.17, 15) is 0 Å². The maximum atomic E-state index is 5.99. The van der Waals surface area contributed by atoms with E-state index < -0.39 is 0 Å². The fraction of sp³-hybridized carbons (Fsp3) is 0.368. The molecule has 21 heavy (non-hydrogen) atoms. The number of hydrogen-bond acceptors (Lipinski definition) is 1. The first kappa shape index (κ1) is 16.1. The van der Waals surface area contributed by atoms with E-state index >= 15 is 0 Å². The molecule has 0 aromatic heterocycles. The van der Waals surface area contributed by atoms with Crippen molar-refractivity contribution in [1.82, 2.24) is 5.32 Å². The van der Waals surface area contributed by atoms with E-state index in [0.717, 1.165) is 11.6 Å². The highest BCUT2D eigenvalue weighted by atomic mass is 35.5. The van der Waals surface area contributed by atoms with Crippen LogP contribution in [0, 0.1) is 19.8 Å². The van der Waals surface area contributed by atoms with Gasteiger partial charge in [-0.2, -0.15) is 0 Å². The van der Waals surface area contributed by atoms with Crippen molar-refractivity contribution >= 4 is 11.6 Å². The molecule has 0 aliphatic carbocycles. The lowest BCUT2D eigenvalue weighted by molar-refractivity contribution is 0.410. The molecule has 1 N–H and O–H groups in total. The van der Waals surface area contributed by atoms with Gasteiger partial charge in [0.2, 0.25) is 0 Å². The SMILES string of the molecule is Cc1cccc(C)c1CNC(c1ccc(Cl)cc1)C(C)C. The molecule has 1 unspecified atom stereocenters. The fourth-order valence-corrected chi connectivity index (χ4v) is 2.87. The van der Waals surface area contributed by atoms with Crippen molar-refractivity contribution in [2.45, 2.75) is 40.3 Å². The molecule has 0 fully saturated rings. The van der Waals surface area contributed by atoms with Crippen LogP contribution in [-0.2, 0) is 6.54 Å². The van der Waals surface area contributed by atoms with Crippen LogP contribution in [0.5, 0.6) is 0 Å². The van der Waals surface area contributed by atoms with Crippen LogP contribution in [0.2, 0.25) is 5.02 Å². The predicted molar refractivity (Wildman–Crippen MR) is 91.8 cm³/mol. The monoisotopic (exact) mass is 301 g/mol. The van der Waals surface area contributed by atoms with Gasteiger partial charge >= 0.3 is 0 Å². The summed E-state index contributed by atoms with van der Waals surface area (Å²) in [7, 11) is 0. The van der Waals surface area contributed by atoms with Crippen molar-refractivity contribution < 1.29 is 0 Å². The Morgan fingerprint density at radius 1 is 0.952 bits per heavy atom. The molecule has 2 aromatic rings. The largest absolute Gasteiger partial charge is 0.306 e. The van der Waals surface area contributed by atoms with Crippen molar-refractivity contribution in [2.75, 3.05) is 0 Å². The Morgan fingerprint density at radius 3 is 2.05 bits per heavy atom. The molecule has 0 radical (unpaired) electrons. The molecule has 0 heterocycles. The minimum Gasteiger partial charge on any atom is -0.306 e. The Morgan fingerprint density at radius 2 is 1.52 bits per heavy atom. The lowest BCUT2D eigenvalue weighted by atomic mass is 9.95. The summed E-state index contributed by atoms with van der Waals surface area (Å²) in [6, 6.07) is 15.0. The Balaban J connectivity index is 2.16. The molecule has 0 amide bonds. The molecule has 2 rings (SSSR count). The smallest absolute Gasteiger partial charge is 0.0406 e. The predicted octanol–water partition coefficient (Wildman–Crippen LogP) is 5.44. The summed E-state index contributed by atoms with van der Waals surface area (Å²) in [5.74, 6) is 0.524. The second kappa shape index (κ2) is 7.11. The number of rotatable bonds is 5. The van der Waals surface area contributed by atoms with E-state index in [0.29, 0.717) is 12.0 Å². The van der Waals surface area contributed by atoms with Gasteiger partial charge in [-0.1, -0.05) is 55.8 Å². The van der Waals surface area contributed by atoms with Gasteiger partial charge in [-0.25, -0.2) is 0 Å². The second-order valence-electron chi connectivity index (χ2n) is 6.02. The number of halogens is 1. The third-order valence-corrected chi connectivity index (χ3v) is 4.29. The van der Waals surface area contributed by atoms with Crippen LogP contribution in [0.1, 0.15) is 42.1 Å². The normalized spacial score (nSPS) is 12.7. The zero-order chi connectivity index (χ0) is 15.4. The highest BCUT2D eigenvalue weighted by Crippen LogP contribution is 2.24. The van der Waals surface area contributed by atoms with E-state index in [1.807, 2.05) is 12.1 Å². The molecule has 2 aromatic carbocycles. The number of hydrogen-bond donors (Lipinski definition) is 1. The second-order valence-corrected chi connectivity index (χ2v) is 6.46. The lowest BCUT2D eigenvalue weighted by Crippen LogP contribution is -2.26. The van der Waals surface area contributed by atoms with Crippen LogP contribution in [0.15, 0.2) is 42.5 Å². The van der Waals surface area contributed by atoms with Crippen LogP contribution < -0.4 is 5.32 Å². The molecule has 0 saturated carbocycles. The van der Waals surface area contributed by atoms with Gasteiger partial charge in [0.1, 0.15) is 0 Å². The van der Waals surface area contributed by atoms with E-state index in [2.05, 4.69) is 63.3 Å². The van der Waals surface area contributed by atoms with Gasteiger partial charge in [-0.15, -0.1) is 0 Å². The van der Waals surface area contributed by atoms with E-state index in [4.69, 9.17) is 11.6 Å². The molecule has 0 bridgehead atoms. The summed E-state index contributed by atoms with van der Waals surface area (Å²) in [6.45, 7) is 9.74. The fourth-order valence-electron chi connectivity index (χ4n) is 2.75. The van der Waals surface area contributed by atoms with Crippen molar-refractivity contribution in [3.63, 3.8) is 0 Å². The minimum atomic E-state index is 0.335. The summed E-state index contributed by atoms with van der Waals surface area (Å²) in [6.07, 6.45) is 0. The van der Waals surface area contributed by atoms with Gasteiger partial charge in [0.15, 0.2) is 0 Å². The van der Waals surface area contributed by atoms with Gasteiger partial charge in [-0.3, -0.25) is 0 Å². The van der Waals surface area contributed by atoms with Crippen LogP contribution in [0.25, 0.3) is 0 Å². The molecule has 2 heteroatoms. The number of nitrogens with one attached hydrogen (secondary N) is 1. The van der Waals surface area contributed by atoms with Crippen molar-refractivity contribution in [3.05, 3.63) is 69.7 Å². The van der Waals surface area contributed by atoms with Crippen molar-refractivity contribution in [2.24, 2.45) is 5.92 Å². The molecule has 0 aliphatic heterocycles. The molecule has 0 spiro atoms. The standard InChI is InChI=1S/C19H24ClN/c1-13(2)19(16-8-10-17(20)11-9-16)21-12-18-14(3)6-5-7-15(18)4/h5-11,13,19,21H,12H2,1-4H3. The highest BCUT2D eigenvalue weighted by molar-refractivity contribution is 6.30. The molecule has 1 nitrogen and oxygen atoms in total. The average Bonchev–Trinajstić information content (AvgIpc) is 2.43. The topological polar surface area (TPSA) is 12.0 Å². The molecule has 0 aliphatic rings. The van der Waals surface area contributed by atoms with Gasteiger partial charge in [-0.05, 0) is 54.2 Å². The lowest BCUT2D eigenvalue weighted by Gasteiger charge is -2.24. The first-order chi connectivity index (χ1) is 9.99. The van der Waals surface area contributed by atoms with E-state index in [1.165, 1.54) is 22.3 Å². The van der Waals surface area contributed by atoms with Crippen molar-refractivity contribution in [1.29, 1.82) is 0 Å². The summed E-state index contributed by atoms with van der Waals surface area (Å²) in [5, 5.41) is 4.50.